The van der Waals surface area contributed by atoms with Crippen molar-refractivity contribution in [3.8, 4) is 5.13 Å². The van der Waals surface area contributed by atoms with E-state index in [2.05, 4.69) is 10.3 Å². The van der Waals surface area contributed by atoms with Gasteiger partial charge in [-0.1, -0.05) is 25.2 Å². The number of benzene rings is 1. The van der Waals surface area contributed by atoms with Gasteiger partial charge in [0.05, 0.1) is 10.2 Å². The molecule has 0 radical (unpaired) electrons. The third-order valence-electron chi connectivity index (χ3n) is 5.35. The van der Waals surface area contributed by atoms with Crippen molar-refractivity contribution in [2.24, 2.45) is 5.92 Å². The van der Waals surface area contributed by atoms with Crippen molar-refractivity contribution >= 4 is 33.4 Å². The molecule has 0 bridgehead atoms. The Hall–Kier alpha value is -2.67. The van der Waals surface area contributed by atoms with Gasteiger partial charge in [0.1, 0.15) is 6.04 Å². The SMILES string of the molecule is CC(C)[C@H](NC(=O)c1ccc2nc(-n3cccc3)sc2c1)C(=O)N1CCCCC1. The van der Waals surface area contributed by atoms with Crippen LogP contribution in [-0.4, -0.2) is 45.4 Å². The zero-order valence-electron chi connectivity index (χ0n) is 16.8. The molecule has 152 valence electrons. The van der Waals surface area contributed by atoms with E-state index >= 15 is 0 Å². The summed E-state index contributed by atoms with van der Waals surface area (Å²) in [5.41, 5.74) is 1.41. The quantitative estimate of drug-likeness (QED) is 0.695. The standard InChI is InChI=1S/C22H26N4O2S/c1-15(2)19(21(28)25-10-4-3-5-11-25)24-20(27)16-8-9-17-18(14-16)29-22(23-17)26-12-6-7-13-26/h6-9,12-15,19H,3-5,10-11H2,1-2H3,(H,24,27)/t19-/m0/s1. The molecule has 6 nitrogen and oxygen atoms in total. The Morgan fingerprint density at radius 3 is 2.52 bits per heavy atom. The molecule has 0 aliphatic carbocycles. The van der Waals surface area contributed by atoms with Gasteiger partial charge in [0, 0.05) is 31.0 Å². The van der Waals surface area contributed by atoms with Gasteiger partial charge in [-0.3, -0.25) is 9.59 Å². The Morgan fingerprint density at radius 1 is 1.10 bits per heavy atom. The van der Waals surface area contributed by atoms with Crippen molar-refractivity contribution in [3.63, 3.8) is 0 Å². The molecule has 0 unspecified atom stereocenters. The molecule has 29 heavy (non-hydrogen) atoms. The molecule has 3 heterocycles. The van der Waals surface area contributed by atoms with Crippen LogP contribution in [0.15, 0.2) is 42.7 Å². The zero-order valence-corrected chi connectivity index (χ0v) is 17.6. The van der Waals surface area contributed by atoms with Crippen LogP contribution in [0.3, 0.4) is 0 Å². The number of amides is 2. The summed E-state index contributed by atoms with van der Waals surface area (Å²) in [7, 11) is 0. The van der Waals surface area contributed by atoms with Crippen LogP contribution >= 0.6 is 11.3 Å². The maximum absolute atomic E-state index is 13.0. The lowest BCUT2D eigenvalue weighted by molar-refractivity contribution is -0.135. The first-order valence-corrected chi connectivity index (χ1v) is 11.0. The van der Waals surface area contributed by atoms with Crippen molar-refractivity contribution in [1.82, 2.24) is 19.8 Å². The van der Waals surface area contributed by atoms with Crippen LogP contribution in [0.1, 0.15) is 43.5 Å². The average Bonchev–Trinajstić information content (AvgIpc) is 3.40. The fraction of sp³-hybridized carbons (Fsp3) is 0.409. The number of thiazole rings is 1. The second-order valence-corrected chi connectivity index (χ2v) is 8.86. The van der Waals surface area contributed by atoms with Gasteiger partial charge in [0.15, 0.2) is 5.13 Å². The van der Waals surface area contributed by atoms with Crippen LogP contribution in [0.2, 0.25) is 0 Å². The molecule has 1 fully saturated rings. The van der Waals surface area contributed by atoms with E-state index in [1.807, 2.05) is 60.0 Å². The van der Waals surface area contributed by atoms with Gasteiger partial charge in [-0.25, -0.2) is 4.98 Å². The molecular weight excluding hydrogens is 384 g/mol. The molecule has 2 aromatic heterocycles. The summed E-state index contributed by atoms with van der Waals surface area (Å²) in [4.78, 5) is 32.4. The minimum absolute atomic E-state index is 0.0286. The molecule has 1 aromatic carbocycles. The van der Waals surface area contributed by atoms with E-state index in [1.54, 1.807) is 6.07 Å². The lowest BCUT2D eigenvalue weighted by atomic mass is 10.0. The maximum atomic E-state index is 13.0. The van der Waals surface area contributed by atoms with Crippen LogP contribution < -0.4 is 5.32 Å². The monoisotopic (exact) mass is 410 g/mol. The van der Waals surface area contributed by atoms with Crippen LogP contribution in [0, 0.1) is 5.92 Å². The van der Waals surface area contributed by atoms with E-state index < -0.39 is 6.04 Å². The van der Waals surface area contributed by atoms with Gasteiger partial charge < -0.3 is 14.8 Å². The number of fused-ring (bicyclic) bond motifs is 1. The normalized spacial score (nSPS) is 15.6. The fourth-order valence-electron chi connectivity index (χ4n) is 3.68. The van der Waals surface area contributed by atoms with Gasteiger partial charge in [0.2, 0.25) is 5.91 Å². The predicted molar refractivity (Wildman–Crippen MR) is 115 cm³/mol. The van der Waals surface area contributed by atoms with Crippen molar-refractivity contribution in [1.29, 1.82) is 0 Å². The van der Waals surface area contributed by atoms with Gasteiger partial charge in [-0.15, -0.1) is 0 Å². The molecular formula is C22H26N4O2S. The number of nitrogens with one attached hydrogen (secondary N) is 1. The topological polar surface area (TPSA) is 67.2 Å². The highest BCUT2D eigenvalue weighted by Gasteiger charge is 2.29. The van der Waals surface area contributed by atoms with E-state index in [4.69, 9.17) is 0 Å². The van der Waals surface area contributed by atoms with Crippen molar-refractivity contribution in [2.45, 2.75) is 39.2 Å². The first kappa shape index (κ1) is 19.6. The highest BCUT2D eigenvalue weighted by atomic mass is 32.1. The Morgan fingerprint density at radius 2 is 1.83 bits per heavy atom. The second-order valence-electron chi connectivity index (χ2n) is 7.85. The molecule has 1 N–H and O–H groups in total. The molecule has 4 rings (SSSR count). The summed E-state index contributed by atoms with van der Waals surface area (Å²) in [5, 5.41) is 3.84. The number of likely N-dealkylation sites (tertiary alicyclic amines) is 1. The highest BCUT2D eigenvalue weighted by Crippen LogP contribution is 2.26. The van der Waals surface area contributed by atoms with E-state index in [-0.39, 0.29) is 17.7 Å². The summed E-state index contributed by atoms with van der Waals surface area (Å²) in [6.07, 6.45) is 7.14. The highest BCUT2D eigenvalue weighted by molar-refractivity contribution is 7.20. The van der Waals surface area contributed by atoms with Gasteiger partial charge in [0.25, 0.3) is 5.91 Å². The zero-order chi connectivity index (χ0) is 20.4. The van der Waals surface area contributed by atoms with E-state index in [1.165, 1.54) is 17.8 Å². The first-order valence-electron chi connectivity index (χ1n) is 10.2. The molecule has 2 amide bonds. The van der Waals surface area contributed by atoms with E-state index in [0.29, 0.717) is 5.56 Å². The molecule has 1 saturated heterocycles. The van der Waals surface area contributed by atoms with Crippen molar-refractivity contribution < 1.29 is 9.59 Å². The summed E-state index contributed by atoms with van der Waals surface area (Å²) in [6, 6.07) is 8.91. The number of hydrogen-bond acceptors (Lipinski definition) is 4. The number of hydrogen-bond donors (Lipinski definition) is 1. The Bertz CT molecular complexity index is 1000. The smallest absolute Gasteiger partial charge is 0.251 e. The Balaban J connectivity index is 1.52. The summed E-state index contributed by atoms with van der Waals surface area (Å²) < 4.78 is 2.90. The largest absolute Gasteiger partial charge is 0.341 e. The lowest BCUT2D eigenvalue weighted by Crippen LogP contribution is -2.52. The Labute approximate surface area is 174 Å². The molecule has 3 aromatic rings. The Kier molecular flexibility index (Phi) is 5.67. The maximum Gasteiger partial charge on any atom is 0.251 e. The number of nitrogens with zero attached hydrogens (tertiary/aromatic N) is 3. The van der Waals surface area contributed by atoms with Gasteiger partial charge in [-0.05, 0) is 55.5 Å². The average molecular weight is 411 g/mol. The summed E-state index contributed by atoms with van der Waals surface area (Å²) >= 11 is 1.54. The summed E-state index contributed by atoms with van der Waals surface area (Å²) in [6.45, 7) is 5.52. The lowest BCUT2D eigenvalue weighted by Gasteiger charge is -2.32. The molecule has 7 heteroatoms. The minimum atomic E-state index is -0.506. The van der Waals surface area contributed by atoms with Crippen LogP contribution in [0.25, 0.3) is 15.3 Å². The van der Waals surface area contributed by atoms with E-state index in [9.17, 15) is 9.59 Å². The molecule has 0 spiro atoms. The number of piperidine rings is 1. The van der Waals surface area contributed by atoms with Crippen LogP contribution in [0.5, 0.6) is 0 Å². The van der Waals surface area contributed by atoms with E-state index in [0.717, 1.165) is 41.3 Å². The number of aromatic nitrogens is 2. The predicted octanol–water partition coefficient (Wildman–Crippen LogP) is 3.85. The second kappa shape index (κ2) is 8.37. The third-order valence-corrected chi connectivity index (χ3v) is 6.38. The first-order chi connectivity index (χ1) is 14.0. The van der Waals surface area contributed by atoms with Gasteiger partial charge in [-0.2, -0.15) is 0 Å². The minimum Gasteiger partial charge on any atom is -0.341 e. The summed E-state index contributed by atoms with van der Waals surface area (Å²) in [5.74, 6) is -0.158. The molecule has 1 aliphatic rings. The molecule has 0 saturated carbocycles. The number of carbonyl (C=O) groups is 2. The van der Waals surface area contributed by atoms with Crippen LogP contribution in [-0.2, 0) is 4.79 Å². The molecule has 1 aliphatic heterocycles. The third kappa shape index (κ3) is 4.19. The van der Waals surface area contributed by atoms with Crippen molar-refractivity contribution in [2.75, 3.05) is 13.1 Å². The molecule has 1 atom stereocenters. The number of rotatable bonds is 5. The van der Waals surface area contributed by atoms with Crippen LogP contribution in [0.4, 0.5) is 0 Å². The van der Waals surface area contributed by atoms with Gasteiger partial charge >= 0.3 is 0 Å². The fourth-order valence-corrected chi connectivity index (χ4v) is 4.65. The van der Waals surface area contributed by atoms with Crippen molar-refractivity contribution in [3.05, 3.63) is 48.3 Å². The number of carbonyl (C=O) groups excluding carboxylic acids is 2.